The summed E-state index contributed by atoms with van der Waals surface area (Å²) >= 11 is 5.97. The van der Waals surface area contributed by atoms with E-state index in [0.717, 1.165) is 5.56 Å². The molecule has 2 aromatic rings. The Kier molecular flexibility index (Phi) is 5.82. The van der Waals surface area contributed by atoms with Crippen LogP contribution in [-0.4, -0.2) is 50.9 Å². The first kappa shape index (κ1) is 19.1. The van der Waals surface area contributed by atoms with Crippen molar-refractivity contribution >= 4 is 21.6 Å². The summed E-state index contributed by atoms with van der Waals surface area (Å²) in [6.45, 7) is 2.43. The van der Waals surface area contributed by atoms with Crippen LogP contribution in [0.2, 0.25) is 5.02 Å². The van der Waals surface area contributed by atoms with E-state index in [-0.39, 0.29) is 16.5 Å². The van der Waals surface area contributed by atoms with Crippen LogP contribution in [0.3, 0.4) is 0 Å². The molecule has 0 bridgehead atoms. The number of methoxy groups -OCH3 is 1. The lowest BCUT2D eigenvalue weighted by molar-refractivity contribution is 0.181. The predicted molar refractivity (Wildman–Crippen MR) is 98.4 cm³/mol. The average molecular weight is 399 g/mol. The van der Waals surface area contributed by atoms with Crippen molar-refractivity contribution < 1.29 is 17.5 Å². The maximum atomic E-state index is 13.3. The first-order valence-electron chi connectivity index (χ1n) is 8.20. The molecule has 0 atom stereocenters. The molecular weight excluding hydrogens is 379 g/mol. The van der Waals surface area contributed by atoms with Crippen molar-refractivity contribution in [2.45, 2.75) is 11.4 Å². The van der Waals surface area contributed by atoms with Gasteiger partial charge in [0.2, 0.25) is 10.0 Å². The fraction of sp³-hybridized carbons (Fsp3) is 0.333. The van der Waals surface area contributed by atoms with Gasteiger partial charge in [-0.2, -0.15) is 4.31 Å². The quantitative estimate of drug-likeness (QED) is 0.777. The summed E-state index contributed by atoms with van der Waals surface area (Å²) in [5.41, 5.74) is 0.873. The molecule has 1 heterocycles. The van der Waals surface area contributed by atoms with Gasteiger partial charge in [-0.1, -0.05) is 23.7 Å². The molecule has 0 amide bonds. The minimum atomic E-state index is -3.69. The Bertz CT molecular complexity index is 884. The van der Waals surface area contributed by atoms with E-state index in [1.54, 1.807) is 18.2 Å². The first-order chi connectivity index (χ1) is 12.4. The summed E-state index contributed by atoms with van der Waals surface area (Å²) in [6, 6.07) is 11.0. The second kappa shape index (κ2) is 7.92. The van der Waals surface area contributed by atoms with Crippen molar-refractivity contribution in [2.24, 2.45) is 0 Å². The molecule has 0 saturated carbocycles. The number of hydrogen-bond acceptors (Lipinski definition) is 4. The normalized spacial score (nSPS) is 16.6. The highest BCUT2D eigenvalue weighted by atomic mass is 35.5. The molecule has 1 aliphatic heterocycles. The molecule has 0 N–H and O–H groups in total. The lowest BCUT2D eigenvalue weighted by atomic mass is 10.2. The zero-order valence-corrected chi connectivity index (χ0v) is 15.9. The number of hydrogen-bond donors (Lipinski definition) is 0. The molecule has 140 valence electrons. The van der Waals surface area contributed by atoms with E-state index in [9.17, 15) is 12.8 Å². The molecule has 1 saturated heterocycles. The molecule has 1 aliphatic rings. The fourth-order valence-electron chi connectivity index (χ4n) is 3.01. The third-order valence-corrected chi connectivity index (χ3v) is 6.52. The average Bonchev–Trinajstić information content (AvgIpc) is 2.62. The van der Waals surface area contributed by atoms with E-state index in [1.807, 2.05) is 6.07 Å². The molecule has 8 heteroatoms. The van der Waals surface area contributed by atoms with Crippen LogP contribution in [-0.2, 0) is 16.6 Å². The summed E-state index contributed by atoms with van der Waals surface area (Å²) in [6.07, 6.45) is 0. The van der Waals surface area contributed by atoms with Crippen LogP contribution < -0.4 is 4.74 Å². The Morgan fingerprint density at radius 1 is 1.12 bits per heavy atom. The van der Waals surface area contributed by atoms with E-state index in [4.69, 9.17) is 16.3 Å². The Labute approximate surface area is 158 Å². The van der Waals surface area contributed by atoms with Gasteiger partial charge in [-0.05, 0) is 35.9 Å². The number of sulfonamides is 1. The topological polar surface area (TPSA) is 49.9 Å². The third kappa shape index (κ3) is 4.17. The molecule has 2 aromatic carbocycles. The summed E-state index contributed by atoms with van der Waals surface area (Å²) in [5.74, 6) is 0.00774. The van der Waals surface area contributed by atoms with Gasteiger partial charge in [0.1, 0.15) is 16.5 Å². The van der Waals surface area contributed by atoms with Crippen LogP contribution in [0.1, 0.15) is 5.56 Å². The van der Waals surface area contributed by atoms with Gasteiger partial charge in [-0.25, -0.2) is 12.8 Å². The summed E-state index contributed by atoms with van der Waals surface area (Å²) in [4.78, 5) is 2.18. The van der Waals surface area contributed by atoms with E-state index >= 15 is 0 Å². The van der Waals surface area contributed by atoms with Gasteiger partial charge in [0, 0.05) is 37.7 Å². The maximum absolute atomic E-state index is 13.3. The standard InChI is InChI=1S/C18H20ClFN2O3S/c1-25-17-6-5-15(19)12-18(17)26(23,24)22-9-7-21(8-10-22)13-14-3-2-4-16(20)11-14/h2-6,11-12H,7-10,13H2,1H3. The highest BCUT2D eigenvalue weighted by Gasteiger charge is 2.31. The largest absolute Gasteiger partial charge is 0.495 e. The number of nitrogens with zero attached hydrogens (tertiary/aromatic N) is 2. The Balaban J connectivity index is 1.70. The van der Waals surface area contributed by atoms with Crippen molar-refractivity contribution in [3.05, 3.63) is 58.9 Å². The monoisotopic (exact) mass is 398 g/mol. The highest BCUT2D eigenvalue weighted by molar-refractivity contribution is 7.89. The molecule has 0 aliphatic carbocycles. The summed E-state index contributed by atoms with van der Waals surface area (Å²) < 4.78 is 45.8. The molecule has 0 spiro atoms. The second-order valence-corrected chi connectivity index (χ2v) is 8.45. The Morgan fingerprint density at radius 3 is 2.50 bits per heavy atom. The van der Waals surface area contributed by atoms with Gasteiger partial charge < -0.3 is 4.74 Å². The van der Waals surface area contributed by atoms with Crippen molar-refractivity contribution in [3.63, 3.8) is 0 Å². The number of benzene rings is 2. The van der Waals surface area contributed by atoms with Crippen LogP contribution in [0.25, 0.3) is 0 Å². The van der Waals surface area contributed by atoms with Crippen molar-refractivity contribution in [1.82, 2.24) is 9.21 Å². The number of rotatable bonds is 5. The highest BCUT2D eigenvalue weighted by Crippen LogP contribution is 2.30. The zero-order chi connectivity index (χ0) is 18.7. The Hall–Kier alpha value is -1.67. The maximum Gasteiger partial charge on any atom is 0.246 e. The van der Waals surface area contributed by atoms with Gasteiger partial charge in [0.15, 0.2) is 0 Å². The first-order valence-corrected chi connectivity index (χ1v) is 10.0. The SMILES string of the molecule is COc1ccc(Cl)cc1S(=O)(=O)N1CCN(Cc2cccc(F)c2)CC1. The van der Waals surface area contributed by atoms with E-state index in [0.29, 0.717) is 37.7 Å². The molecule has 0 radical (unpaired) electrons. The molecule has 5 nitrogen and oxygen atoms in total. The minimum Gasteiger partial charge on any atom is -0.495 e. The molecular formula is C18H20ClFN2O3S. The predicted octanol–water partition coefficient (Wildman–Crippen LogP) is 2.99. The molecule has 26 heavy (non-hydrogen) atoms. The lowest BCUT2D eigenvalue weighted by Crippen LogP contribution is -2.48. The van der Waals surface area contributed by atoms with Gasteiger partial charge in [-0.3, -0.25) is 4.90 Å². The van der Waals surface area contributed by atoms with Gasteiger partial charge in [0.25, 0.3) is 0 Å². The summed E-state index contributed by atoms with van der Waals surface area (Å²) in [7, 11) is -2.26. The fourth-order valence-corrected chi connectivity index (χ4v) is 4.85. The van der Waals surface area contributed by atoms with Crippen molar-refractivity contribution in [2.75, 3.05) is 33.3 Å². The van der Waals surface area contributed by atoms with Crippen molar-refractivity contribution in [1.29, 1.82) is 0 Å². The molecule has 0 unspecified atom stereocenters. The van der Waals surface area contributed by atoms with Gasteiger partial charge in [0.05, 0.1) is 7.11 Å². The van der Waals surface area contributed by atoms with Gasteiger partial charge >= 0.3 is 0 Å². The van der Waals surface area contributed by atoms with E-state index in [1.165, 1.54) is 29.6 Å². The second-order valence-electron chi connectivity index (χ2n) is 6.11. The van der Waals surface area contributed by atoms with E-state index < -0.39 is 10.0 Å². The molecule has 1 fully saturated rings. The zero-order valence-electron chi connectivity index (χ0n) is 14.4. The van der Waals surface area contributed by atoms with Crippen molar-refractivity contribution in [3.8, 4) is 5.75 Å². The number of halogens is 2. The van der Waals surface area contributed by atoms with Gasteiger partial charge in [-0.15, -0.1) is 0 Å². The van der Waals surface area contributed by atoms with Crippen LogP contribution in [0, 0.1) is 5.82 Å². The third-order valence-electron chi connectivity index (χ3n) is 4.37. The molecule has 3 rings (SSSR count). The van der Waals surface area contributed by atoms with Crippen LogP contribution in [0.15, 0.2) is 47.4 Å². The minimum absolute atomic E-state index is 0.0751. The number of piperazine rings is 1. The van der Waals surface area contributed by atoms with E-state index in [2.05, 4.69) is 4.90 Å². The smallest absolute Gasteiger partial charge is 0.246 e. The van der Waals surface area contributed by atoms with Crippen LogP contribution in [0.5, 0.6) is 5.75 Å². The Morgan fingerprint density at radius 2 is 1.85 bits per heavy atom. The summed E-state index contributed by atoms with van der Waals surface area (Å²) in [5, 5.41) is 0.342. The molecule has 0 aromatic heterocycles. The van der Waals surface area contributed by atoms with Crippen LogP contribution in [0.4, 0.5) is 4.39 Å². The lowest BCUT2D eigenvalue weighted by Gasteiger charge is -2.34. The van der Waals surface area contributed by atoms with Crippen LogP contribution >= 0.6 is 11.6 Å². The number of ether oxygens (including phenoxy) is 1.